The first-order valence-electron chi connectivity index (χ1n) is 4.38. The third-order valence-electron chi connectivity index (χ3n) is 1.74. The van der Waals surface area contributed by atoms with E-state index in [0.717, 1.165) is 6.07 Å². The van der Waals surface area contributed by atoms with Gasteiger partial charge in [-0.1, -0.05) is 0 Å². The molecule has 0 aliphatic rings. The Balaban J connectivity index is 2.67. The quantitative estimate of drug-likeness (QED) is 0.688. The number of hydrogen-bond donors (Lipinski definition) is 3. The number of hydrogen-bond acceptors (Lipinski definition) is 3. The number of nitrogens with two attached hydrogens (primary N) is 1. The van der Waals surface area contributed by atoms with Crippen LogP contribution in [0.4, 0.5) is 23.7 Å². The van der Waals surface area contributed by atoms with Crippen molar-refractivity contribution in [2.75, 3.05) is 11.9 Å². The van der Waals surface area contributed by atoms with Crippen molar-refractivity contribution >= 4 is 17.6 Å². The van der Waals surface area contributed by atoms with Crippen LogP contribution in [0, 0.1) is 17.5 Å². The molecule has 17 heavy (non-hydrogen) atoms. The zero-order valence-corrected chi connectivity index (χ0v) is 8.39. The monoisotopic (exact) mass is 247 g/mol. The molecule has 1 rings (SSSR count). The van der Waals surface area contributed by atoms with E-state index >= 15 is 0 Å². The Morgan fingerprint density at radius 1 is 1.18 bits per heavy atom. The molecule has 0 aliphatic heterocycles. The molecule has 0 atom stereocenters. The van der Waals surface area contributed by atoms with Gasteiger partial charge in [0.05, 0.1) is 12.2 Å². The predicted octanol–water partition coefficient (Wildman–Crippen LogP) is 0.711. The normalized spacial score (nSPS) is 9.82. The SMILES string of the molecule is NC(=O)NC(=O)CNc1ccc(F)c(F)c1F. The van der Waals surface area contributed by atoms with Gasteiger partial charge in [0.2, 0.25) is 5.91 Å². The summed E-state index contributed by atoms with van der Waals surface area (Å²) >= 11 is 0. The minimum atomic E-state index is -1.65. The molecule has 0 saturated carbocycles. The molecule has 5 nitrogen and oxygen atoms in total. The Labute approximate surface area is 93.8 Å². The van der Waals surface area contributed by atoms with Crippen LogP contribution in [0.3, 0.4) is 0 Å². The third kappa shape index (κ3) is 3.37. The van der Waals surface area contributed by atoms with Crippen LogP contribution in [0.15, 0.2) is 12.1 Å². The first kappa shape index (κ1) is 12.8. The summed E-state index contributed by atoms with van der Waals surface area (Å²) in [7, 11) is 0. The summed E-state index contributed by atoms with van der Waals surface area (Å²) in [4.78, 5) is 21.2. The molecule has 0 radical (unpaired) electrons. The maximum atomic E-state index is 13.1. The van der Waals surface area contributed by atoms with E-state index in [0.29, 0.717) is 6.07 Å². The molecule has 0 aromatic heterocycles. The van der Waals surface area contributed by atoms with E-state index < -0.39 is 41.6 Å². The van der Waals surface area contributed by atoms with Gasteiger partial charge in [-0.15, -0.1) is 0 Å². The van der Waals surface area contributed by atoms with Gasteiger partial charge in [0, 0.05) is 0 Å². The lowest BCUT2D eigenvalue weighted by molar-refractivity contribution is -0.118. The van der Waals surface area contributed by atoms with Crippen molar-refractivity contribution in [3.8, 4) is 0 Å². The van der Waals surface area contributed by atoms with Gasteiger partial charge in [-0.2, -0.15) is 0 Å². The Morgan fingerprint density at radius 2 is 1.82 bits per heavy atom. The highest BCUT2D eigenvalue weighted by Crippen LogP contribution is 2.19. The van der Waals surface area contributed by atoms with Crippen LogP contribution in [-0.4, -0.2) is 18.5 Å². The number of amides is 3. The van der Waals surface area contributed by atoms with Crippen molar-refractivity contribution in [3.05, 3.63) is 29.6 Å². The summed E-state index contributed by atoms with van der Waals surface area (Å²) < 4.78 is 38.4. The van der Waals surface area contributed by atoms with E-state index in [1.807, 2.05) is 0 Å². The number of imide groups is 1. The molecule has 3 amide bonds. The molecular formula is C9H8F3N3O2. The number of urea groups is 1. The minimum absolute atomic E-state index is 0.400. The molecular weight excluding hydrogens is 239 g/mol. The molecule has 0 fully saturated rings. The van der Waals surface area contributed by atoms with Crippen molar-refractivity contribution in [1.82, 2.24) is 5.32 Å². The Bertz CT molecular complexity index is 465. The number of nitrogens with one attached hydrogen (secondary N) is 2. The van der Waals surface area contributed by atoms with Gasteiger partial charge in [0.15, 0.2) is 17.5 Å². The zero-order chi connectivity index (χ0) is 13.0. The Hall–Kier alpha value is -2.25. The second-order valence-electron chi connectivity index (χ2n) is 2.99. The molecule has 1 aromatic carbocycles. The van der Waals surface area contributed by atoms with Crippen LogP contribution in [-0.2, 0) is 4.79 Å². The lowest BCUT2D eigenvalue weighted by atomic mass is 10.3. The smallest absolute Gasteiger partial charge is 0.318 e. The number of anilines is 1. The van der Waals surface area contributed by atoms with Crippen molar-refractivity contribution in [1.29, 1.82) is 0 Å². The van der Waals surface area contributed by atoms with Gasteiger partial charge >= 0.3 is 6.03 Å². The fourth-order valence-electron chi connectivity index (χ4n) is 1.02. The number of benzene rings is 1. The van der Waals surface area contributed by atoms with Crippen molar-refractivity contribution in [2.45, 2.75) is 0 Å². The molecule has 0 bridgehead atoms. The van der Waals surface area contributed by atoms with Gasteiger partial charge in [-0.25, -0.2) is 18.0 Å². The molecule has 4 N–H and O–H groups in total. The van der Waals surface area contributed by atoms with Crippen LogP contribution in [0.1, 0.15) is 0 Å². The van der Waals surface area contributed by atoms with E-state index in [1.54, 1.807) is 5.32 Å². The lowest BCUT2D eigenvalue weighted by Crippen LogP contribution is -2.38. The second kappa shape index (κ2) is 5.19. The Kier molecular flexibility index (Phi) is 3.91. The molecule has 0 heterocycles. The summed E-state index contributed by atoms with van der Waals surface area (Å²) in [6.45, 7) is -0.509. The number of halogens is 3. The lowest BCUT2D eigenvalue weighted by Gasteiger charge is -2.07. The van der Waals surface area contributed by atoms with E-state index in [4.69, 9.17) is 0 Å². The third-order valence-corrected chi connectivity index (χ3v) is 1.74. The fourth-order valence-corrected chi connectivity index (χ4v) is 1.02. The van der Waals surface area contributed by atoms with Crippen molar-refractivity contribution in [2.24, 2.45) is 5.73 Å². The van der Waals surface area contributed by atoms with E-state index in [2.05, 4.69) is 11.1 Å². The highest BCUT2D eigenvalue weighted by atomic mass is 19.2. The molecule has 0 unspecified atom stereocenters. The number of carbonyl (C=O) groups is 2. The topological polar surface area (TPSA) is 84.2 Å². The van der Waals surface area contributed by atoms with Gasteiger partial charge < -0.3 is 11.1 Å². The predicted molar refractivity (Wildman–Crippen MR) is 52.5 cm³/mol. The average molecular weight is 247 g/mol. The van der Waals surface area contributed by atoms with Crippen molar-refractivity contribution in [3.63, 3.8) is 0 Å². The first-order valence-corrected chi connectivity index (χ1v) is 4.38. The first-order chi connectivity index (χ1) is 7.91. The maximum absolute atomic E-state index is 13.1. The van der Waals surface area contributed by atoms with Crippen LogP contribution in [0.25, 0.3) is 0 Å². The van der Waals surface area contributed by atoms with Crippen LogP contribution >= 0.6 is 0 Å². The molecule has 8 heteroatoms. The highest BCUT2D eigenvalue weighted by molar-refractivity contribution is 5.95. The van der Waals surface area contributed by atoms with Crippen molar-refractivity contribution < 1.29 is 22.8 Å². The molecule has 0 spiro atoms. The minimum Gasteiger partial charge on any atom is -0.374 e. The molecule has 0 saturated heterocycles. The molecule has 0 aliphatic carbocycles. The summed E-state index contributed by atoms with van der Waals surface area (Å²) in [6.07, 6.45) is 0. The Morgan fingerprint density at radius 3 is 2.41 bits per heavy atom. The molecule has 92 valence electrons. The standard InChI is InChI=1S/C9H8F3N3O2/c10-4-1-2-5(8(12)7(4)11)14-3-6(16)15-9(13)17/h1-2,14H,3H2,(H3,13,15,16,17). The number of carbonyl (C=O) groups excluding carboxylic acids is 2. The molecule has 1 aromatic rings. The maximum Gasteiger partial charge on any atom is 0.318 e. The summed E-state index contributed by atoms with van der Waals surface area (Å²) in [5, 5.41) is 3.89. The van der Waals surface area contributed by atoms with Gasteiger partial charge in [-0.3, -0.25) is 10.1 Å². The highest BCUT2D eigenvalue weighted by Gasteiger charge is 2.14. The average Bonchev–Trinajstić information content (AvgIpc) is 2.24. The van der Waals surface area contributed by atoms with Crippen LogP contribution < -0.4 is 16.4 Å². The van der Waals surface area contributed by atoms with Gasteiger partial charge in [-0.05, 0) is 12.1 Å². The van der Waals surface area contributed by atoms with Crippen LogP contribution in [0.2, 0.25) is 0 Å². The van der Waals surface area contributed by atoms with Gasteiger partial charge in [0.25, 0.3) is 0 Å². The summed E-state index contributed by atoms with van der Waals surface area (Å²) in [5.74, 6) is -5.27. The fraction of sp³-hybridized carbons (Fsp3) is 0.111. The largest absolute Gasteiger partial charge is 0.374 e. The zero-order valence-electron chi connectivity index (χ0n) is 8.39. The van der Waals surface area contributed by atoms with E-state index in [1.165, 1.54) is 0 Å². The van der Waals surface area contributed by atoms with E-state index in [-0.39, 0.29) is 0 Å². The summed E-state index contributed by atoms with van der Waals surface area (Å²) in [5.41, 5.74) is 4.25. The summed E-state index contributed by atoms with van der Waals surface area (Å²) in [6, 6.07) is 0.556. The van der Waals surface area contributed by atoms with Gasteiger partial charge in [0.1, 0.15) is 0 Å². The number of primary amides is 1. The second-order valence-corrected chi connectivity index (χ2v) is 2.99. The number of rotatable bonds is 3. The van der Waals surface area contributed by atoms with E-state index in [9.17, 15) is 22.8 Å². The van der Waals surface area contributed by atoms with Crippen LogP contribution in [0.5, 0.6) is 0 Å².